The van der Waals surface area contributed by atoms with E-state index in [9.17, 15) is 9.90 Å². The number of pyridine rings is 1. The molecule has 0 radical (unpaired) electrons. The molecule has 122 valence electrons. The van der Waals surface area contributed by atoms with Gasteiger partial charge in [0.2, 0.25) is 5.91 Å². The maximum absolute atomic E-state index is 11.1. The number of benzene rings is 2. The molecular formula is C18H15ClN2O3. The summed E-state index contributed by atoms with van der Waals surface area (Å²) in [5.41, 5.74) is 1.90. The lowest BCUT2D eigenvalue weighted by Gasteiger charge is -2.11. The predicted octanol–water partition coefficient (Wildman–Crippen LogP) is 4.65. The summed E-state index contributed by atoms with van der Waals surface area (Å²) in [5, 5.41) is 13.6. The molecule has 0 bridgehead atoms. The normalized spacial score (nSPS) is 10.6. The summed E-state index contributed by atoms with van der Waals surface area (Å²) in [4.78, 5) is 15.4. The summed E-state index contributed by atoms with van der Waals surface area (Å²) in [6.45, 7) is 3.23. The molecule has 2 aromatic carbocycles. The highest BCUT2D eigenvalue weighted by Gasteiger charge is 2.09. The standard InChI is InChI=1S/C18H15ClN2O3/c1-10-7-13-16(9-17(10)23)20-6-5-18(13)24-12-3-4-15(14(19)8-12)21-11(2)22/h3-9,23H,1-2H3,(H,21,22). The minimum absolute atomic E-state index is 0.190. The molecule has 1 heterocycles. The number of phenolic OH excluding ortho intramolecular Hbond substituents is 1. The van der Waals surface area contributed by atoms with E-state index in [1.54, 1.807) is 36.5 Å². The zero-order valence-electron chi connectivity index (χ0n) is 13.1. The molecule has 0 aliphatic rings. The van der Waals surface area contributed by atoms with E-state index in [4.69, 9.17) is 16.3 Å². The van der Waals surface area contributed by atoms with Gasteiger partial charge in [0.1, 0.15) is 17.2 Å². The van der Waals surface area contributed by atoms with Crippen molar-refractivity contribution in [3.63, 3.8) is 0 Å². The van der Waals surface area contributed by atoms with Gasteiger partial charge in [-0.1, -0.05) is 11.6 Å². The Hall–Kier alpha value is -2.79. The van der Waals surface area contributed by atoms with Gasteiger partial charge in [-0.3, -0.25) is 9.78 Å². The maximum Gasteiger partial charge on any atom is 0.221 e. The zero-order chi connectivity index (χ0) is 17.3. The third-order valence-corrected chi connectivity index (χ3v) is 3.81. The lowest BCUT2D eigenvalue weighted by atomic mass is 10.1. The van der Waals surface area contributed by atoms with Crippen molar-refractivity contribution in [3.05, 3.63) is 53.2 Å². The molecule has 0 unspecified atom stereocenters. The Bertz CT molecular complexity index is 941. The number of amides is 1. The fraction of sp³-hybridized carbons (Fsp3) is 0.111. The number of nitrogens with one attached hydrogen (secondary N) is 1. The molecule has 3 aromatic rings. The summed E-state index contributed by atoms with van der Waals surface area (Å²) < 4.78 is 5.91. The number of hydrogen-bond donors (Lipinski definition) is 2. The van der Waals surface area contributed by atoms with Crippen LogP contribution in [0.15, 0.2) is 42.6 Å². The molecule has 0 fully saturated rings. The number of hydrogen-bond acceptors (Lipinski definition) is 4. The fourth-order valence-electron chi connectivity index (χ4n) is 2.33. The van der Waals surface area contributed by atoms with Gasteiger partial charge in [0, 0.05) is 30.6 Å². The second kappa shape index (κ2) is 6.37. The molecule has 6 heteroatoms. The smallest absolute Gasteiger partial charge is 0.221 e. The van der Waals surface area contributed by atoms with E-state index in [2.05, 4.69) is 10.3 Å². The Morgan fingerprint density at radius 3 is 2.75 bits per heavy atom. The number of carbonyl (C=O) groups is 1. The molecule has 0 spiro atoms. The average molecular weight is 343 g/mol. The zero-order valence-corrected chi connectivity index (χ0v) is 13.9. The monoisotopic (exact) mass is 342 g/mol. The highest BCUT2D eigenvalue weighted by atomic mass is 35.5. The average Bonchev–Trinajstić information content (AvgIpc) is 2.51. The van der Waals surface area contributed by atoms with Gasteiger partial charge in [-0.05, 0) is 36.8 Å². The summed E-state index contributed by atoms with van der Waals surface area (Å²) in [5.74, 6) is 1.13. The van der Waals surface area contributed by atoms with Gasteiger partial charge >= 0.3 is 0 Å². The number of aromatic hydroxyl groups is 1. The maximum atomic E-state index is 11.1. The largest absolute Gasteiger partial charge is 0.508 e. The van der Waals surface area contributed by atoms with Crippen LogP contribution in [0, 0.1) is 6.92 Å². The number of aryl methyl sites for hydroxylation is 1. The summed E-state index contributed by atoms with van der Waals surface area (Å²) >= 11 is 6.16. The molecule has 2 N–H and O–H groups in total. The number of phenols is 1. The molecule has 0 aliphatic heterocycles. The van der Waals surface area contributed by atoms with Gasteiger partial charge in [-0.15, -0.1) is 0 Å². The van der Waals surface area contributed by atoms with Gasteiger partial charge in [0.05, 0.1) is 16.2 Å². The van der Waals surface area contributed by atoms with Crippen LogP contribution in [-0.4, -0.2) is 16.0 Å². The molecule has 0 saturated heterocycles. The van der Waals surface area contributed by atoms with Crippen LogP contribution < -0.4 is 10.1 Å². The first-order chi connectivity index (χ1) is 11.4. The Morgan fingerprint density at radius 2 is 2.04 bits per heavy atom. The predicted molar refractivity (Wildman–Crippen MR) is 94.0 cm³/mol. The Balaban J connectivity index is 1.97. The van der Waals surface area contributed by atoms with Crippen molar-refractivity contribution in [2.45, 2.75) is 13.8 Å². The van der Waals surface area contributed by atoms with Crippen LogP contribution in [-0.2, 0) is 4.79 Å². The van der Waals surface area contributed by atoms with Gasteiger partial charge in [0.15, 0.2) is 0 Å². The molecule has 24 heavy (non-hydrogen) atoms. The first-order valence-corrected chi connectivity index (χ1v) is 7.65. The molecular weight excluding hydrogens is 328 g/mol. The molecule has 0 saturated carbocycles. The number of ether oxygens (including phenoxy) is 1. The first kappa shape index (κ1) is 16.1. The van der Waals surface area contributed by atoms with Gasteiger partial charge in [-0.25, -0.2) is 0 Å². The highest BCUT2D eigenvalue weighted by Crippen LogP contribution is 2.34. The topological polar surface area (TPSA) is 71.5 Å². The van der Waals surface area contributed by atoms with Crippen molar-refractivity contribution in [1.29, 1.82) is 0 Å². The third-order valence-electron chi connectivity index (χ3n) is 3.50. The lowest BCUT2D eigenvalue weighted by Crippen LogP contribution is -2.06. The number of aromatic nitrogens is 1. The van der Waals surface area contributed by atoms with Gasteiger partial charge < -0.3 is 15.2 Å². The van der Waals surface area contributed by atoms with E-state index >= 15 is 0 Å². The molecule has 3 rings (SSSR count). The minimum atomic E-state index is -0.194. The fourth-order valence-corrected chi connectivity index (χ4v) is 2.55. The van der Waals surface area contributed by atoms with E-state index in [1.807, 2.05) is 13.0 Å². The third kappa shape index (κ3) is 3.26. The molecule has 1 amide bonds. The number of nitrogens with zero attached hydrogens (tertiary/aromatic N) is 1. The number of rotatable bonds is 3. The Labute approximate surface area is 143 Å². The molecule has 0 atom stereocenters. The van der Waals surface area contributed by atoms with Crippen molar-refractivity contribution in [1.82, 2.24) is 4.98 Å². The van der Waals surface area contributed by atoms with Crippen molar-refractivity contribution in [3.8, 4) is 17.2 Å². The van der Waals surface area contributed by atoms with Crippen molar-refractivity contribution < 1.29 is 14.6 Å². The van der Waals surface area contributed by atoms with E-state index in [-0.39, 0.29) is 11.7 Å². The number of fused-ring (bicyclic) bond motifs is 1. The minimum Gasteiger partial charge on any atom is -0.508 e. The second-order valence-electron chi connectivity index (χ2n) is 5.39. The first-order valence-electron chi connectivity index (χ1n) is 7.27. The summed E-state index contributed by atoms with van der Waals surface area (Å²) in [7, 11) is 0. The van der Waals surface area contributed by atoms with E-state index < -0.39 is 0 Å². The number of anilines is 1. The lowest BCUT2D eigenvalue weighted by molar-refractivity contribution is -0.114. The summed E-state index contributed by atoms with van der Waals surface area (Å²) in [6.07, 6.45) is 1.61. The summed E-state index contributed by atoms with van der Waals surface area (Å²) in [6, 6.07) is 10.2. The van der Waals surface area contributed by atoms with Crippen LogP contribution in [0.25, 0.3) is 10.9 Å². The van der Waals surface area contributed by atoms with Crippen LogP contribution in [0.4, 0.5) is 5.69 Å². The van der Waals surface area contributed by atoms with E-state index in [1.165, 1.54) is 6.92 Å². The van der Waals surface area contributed by atoms with Crippen LogP contribution in [0.3, 0.4) is 0 Å². The van der Waals surface area contributed by atoms with Crippen LogP contribution >= 0.6 is 11.6 Å². The van der Waals surface area contributed by atoms with Crippen LogP contribution in [0.1, 0.15) is 12.5 Å². The van der Waals surface area contributed by atoms with Gasteiger partial charge in [0.25, 0.3) is 0 Å². The molecule has 0 aliphatic carbocycles. The van der Waals surface area contributed by atoms with Gasteiger partial charge in [-0.2, -0.15) is 0 Å². The molecule has 1 aromatic heterocycles. The van der Waals surface area contributed by atoms with Crippen molar-refractivity contribution >= 4 is 34.1 Å². The van der Waals surface area contributed by atoms with E-state index in [0.29, 0.717) is 27.7 Å². The second-order valence-corrected chi connectivity index (χ2v) is 5.80. The van der Waals surface area contributed by atoms with E-state index in [0.717, 1.165) is 10.9 Å². The van der Waals surface area contributed by atoms with Crippen molar-refractivity contribution in [2.24, 2.45) is 0 Å². The quantitative estimate of drug-likeness (QED) is 0.726. The number of halogens is 1. The Morgan fingerprint density at radius 1 is 1.25 bits per heavy atom. The SMILES string of the molecule is CC(=O)Nc1ccc(Oc2ccnc3cc(O)c(C)cc23)cc1Cl. The van der Waals surface area contributed by atoms with Crippen LogP contribution in [0.2, 0.25) is 5.02 Å². The van der Waals surface area contributed by atoms with Crippen LogP contribution in [0.5, 0.6) is 17.2 Å². The number of carbonyl (C=O) groups excluding carboxylic acids is 1. The highest BCUT2D eigenvalue weighted by molar-refractivity contribution is 6.33. The molecule has 5 nitrogen and oxygen atoms in total. The Kier molecular flexibility index (Phi) is 4.27. The van der Waals surface area contributed by atoms with Crippen molar-refractivity contribution in [2.75, 3.05) is 5.32 Å².